The van der Waals surface area contributed by atoms with E-state index in [-0.39, 0.29) is 25.0 Å². The Balaban J connectivity index is 1.79. The minimum absolute atomic E-state index is 0.140. The number of carbonyl (C=O) groups is 2. The molecule has 0 saturated heterocycles. The topological polar surface area (TPSA) is 66.8 Å². The molecule has 3 rings (SSSR count). The van der Waals surface area contributed by atoms with Crippen LogP contribution in [0.4, 0.5) is 0 Å². The lowest BCUT2D eigenvalue weighted by Crippen LogP contribution is -2.43. The summed E-state index contributed by atoms with van der Waals surface area (Å²) in [4.78, 5) is 25.9. The third-order valence-electron chi connectivity index (χ3n) is 4.79. The quantitative estimate of drug-likeness (QED) is 0.866. The van der Waals surface area contributed by atoms with Gasteiger partial charge in [-0.3, -0.25) is 4.79 Å². The number of carbonyl (C=O) groups excluding carboxylic acids is 1. The largest absolute Gasteiger partial charge is 0.480 e. The fourth-order valence-electron chi connectivity index (χ4n) is 3.28. The summed E-state index contributed by atoms with van der Waals surface area (Å²) in [6, 6.07) is 16.5. The molecule has 2 aromatic carbocycles. The number of nitrogens with zero attached hydrogens (tertiary/aromatic N) is 1. The van der Waals surface area contributed by atoms with Gasteiger partial charge in [0.2, 0.25) is 5.91 Å². The van der Waals surface area contributed by atoms with E-state index < -0.39 is 12.0 Å². The highest BCUT2D eigenvalue weighted by Gasteiger charge is 2.30. The van der Waals surface area contributed by atoms with Gasteiger partial charge in [-0.05, 0) is 30.0 Å². The van der Waals surface area contributed by atoms with E-state index in [1.54, 1.807) is 6.92 Å². The van der Waals surface area contributed by atoms with E-state index in [4.69, 9.17) is 4.74 Å². The monoisotopic (exact) mass is 353 g/mol. The lowest BCUT2D eigenvalue weighted by molar-refractivity contribution is -0.151. The van der Waals surface area contributed by atoms with E-state index in [1.807, 2.05) is 48.5 Å². The van der Waals surface area contributed by atoms with Gasteiger partial charge in [-0.1, -0.05) is 54.6 Å². The van der Waals surface area contributed by atoms with Crippen LogP contribution in [0.25, 0.3) is 0 Å². The van der Waals surface area contributed by atoms with Gasteiger partial charge in [-0.2, -0.15) is 0 Å². The molecule has 1 aliphatic rings. The van der Waals surface area contributed by atoms with Crippen LogP contribution in [0.15, 0.2) is 54.6 Å². The average molecular weight is 353 g/mol. The molecule has 1 N–H and O–H groups in total. The number of fused-ring (bicyclic) bond motifs is 1. The Morgan fingerprint density at radius 3 is 2.58 bits per heavy atom. The maximum absolute atomic E-state index is 13.0. The summed E-state index contributed by atoms with van der Waals surface area (Å²) >= 11 is 0. The summed E-state index contributed by atoms with van der Waals surface area (Å²) in [6.45, 7) is 2.38. The number of hydrogen-bond donors (Lipinski definition) is 1. The first-order chi connectivity index (χ1) is 12.6. The Morgan fingerprint density at radius 1 is 1.15 bits per heavy atom. The second-order valence-corrected chi connectivity index (χ2v) is 6.53. The molecule has 136 valence electrons. The predicted molar refractivity (Wildman–Crippen MR) is 97.5 cm³/mol. The average Bonchev–Trinajstić information content (AvgIpc) is 2.66. The summed E-state index contributed by atoms with van der Waals surface area (Å²) in [7, 11) is 0. The van der Waals surface area contributed by atoms with E-state index >= 15 is 0 Å². The predicted octanol–water partition coefficient (Wildman–Crippen LogP) is 3.19. The van der Waals surface area contributed by atoms with E-state index in [0.29, 0.717) is 6.61 Å². The van der Waals surface area contributed by atoms with E-state index in [0.717, 1.165) is 17.5 Å². The lowest BCUT2D eigenvalue weighted by atomic mass is 9.95. The van der Waals surface area contributed by atoms with Crippen molar-refractivity contribution in [3.8, 4) is 0 Å². The van der Waals surface area contributed by atoms with Gasteiger partial charge in [0.15, 0.2) is 0 Å². The third-order valence-corrected chi connectivity index (χ3v) is 4.79. The molecule has 5 nitrogen and oxygen atoms in total. The van der Waals surface area contributed by atoms with Crippen LogP contribution in [0, 0.1) is 0 Å². The van der Waals surface area contributed by atoms with Crippen molar-refractivity contribution in [3.05, 3.63) is 71.3 Å². The van der Waals surface area contributed by atoms with Gasteiger partial charge in [0.1, 0.15) is 6.04 Å². The van der Waals surface area contributed by atoms with Crippen LogP contribution in [-0.2, 0) is 27.3 Å². The van der Waals surface area contributed by atoms with Crippen LogP contribution < -0.4 is 0 Å². The normalized spacial score (nSPS) is 17.2. The van der Waals surface area contributed by atoms with Crippen molar-refractivity contribution >= 4 is 11.9 Å². The van der Waals surface area contributed by atoms with Gasteiger partial charge in [0.25, 0.3) is 0 Å². The Morgan fingerprint density at radius 2 is 1.85 bits per heavy atom. The number of ether oxygens (including phenoxy) is 1. The Hall–Kier alpha value is -2.66. The fourth-order valence-corrected chi connectivity index (χ4v) is 3.28. The molecular weight excluding hydrogens is 330 g/mol. The van der Waals surface area contributed by atoms with Crippen LogP contribution in [-0.4, -0.2) is 34.5 Å². The third kappa shape index (κ3) is 4.11. The van der Waals surface area contributed by atoms with Crippen LogP contribution in [0.3, 0.4) is 0 Å². The molecule has 2 atom stereocenters. The zero-order valence-corrected chi connectivity index (χ0v) is 14.8. The molecule has 26 heavy (non-hydrogen) atoms. The smallest absolute Gasteiger partial charge is 0.326 e. The summed E-state index contributed by atoms with van der Waals surface area (Å²) in [5, 5.41) is 9.42. The molecule has 5 heteroatoms. The summed E-state index contributed by atoms with van der Waals surface area (Å²) in [5.74, 6) is -1.23. The zero-order chi connectivity index (χ0) is 18.5. The number of hydrogen-bond acceptors (Lipinski definition) is 3. The van der Waals surface area contributed by atoms with Crippen molar-refractivity contribution in [2.24, 2.45) is 0 Å². The van der Waals surface area contributed by atoms with E-state index in [1.165, 1.54) is 10.5 Å². The summed E-state index contributed by atoms with van der Waals surface area (Å²) in [5.41, 5.74) is 3.12. The molecule has 0 aliphatic carbocycles. The Bertz CT molecular complexity index is 775. The van der Waals surface area contributed by atoms with Gasteiger partial charge in [0.05, 0.1) is 19.1 Å². The van der Waals surface area contributed by atoms with Gasteiger partial charge in [-0.15, -0.1) is 0 Å². The highest BCUT2D eigenvalue weighted by Crippen LogP contribution is 2.30. The van der Waals surface area contributed by atoms with Gasteiger partial charge >= 0.3 is 5.97 Å². The first-order valence-corrected chi connectivity index (χ1v) is 8.82. The number of aliphatic carboxylic acids is 1. The second-order valence-electron chi connectivity index (χ2n) is 6.53. The standard InChI is InChI=1S/C21H23NO4/c1-15(21(24)25)22(14-16-7-3-2-4-8-16)20(23)13-19-18-10-6-5-9-17(18)11-12-26-19/h2-10,15,19H,11-14H2,1H3,(H,24,25). The number of rotatable bonds is 6. The highest BCUT2D eigenvalue weighted by atomic mass is 16.5. The molecule has 0 radical (unpaired) electrons. The van der Waals surface area contributed by atoms with Crippen molar-refractivity contribution in [1.82, 2.24) is 4.90 Å². The fraction of sp³-hybridized carbons (Fsp3) is 0.333. The maximum Gasteiger partial charge on any atom is 0.326 e. The molecule has 0 saturated carbocycles. The van der Waals surface area contributed by atoms with Crippen LogP contribution in [0.1, 0.15) is 36.1 Å². The number of carboxylic acid groups (broad SMARTS) is 1. The highest BCUT2D eigenvalue weighted by molar-refractivity contribution is 5.83. The second kappa shape index (κ2) is 8.15. The van der Waals surface area contributed by atoms with Crippen LogP contribution in [0.2, 0.25) is 0 Å². The van der Waals surface area contributed by atoms with Crippen molar-refractivity contribution in [2.45, 2.75) is 38.5 Å². The van der Waals surface area contributed by atoms with Gasteiger partial charge in [0, 0.05) is 6.54 Å². The first-order valence-electron chi connectivity index (χ1n) is 8.82. The molecule has 0 aromatic heterocycles. The SMILES string of the molecule is CC(C(=O)O)N(Cc1ccccc1)C(=O)CC1OCCc2ccccc21. The van der Waals surface area contributed by atoms with E-state index in [2.05, 4.69) is 6.07 Å². The number of carboxylic acids is 1. The minimum Gasteiger partial charge on any atom is -0.480 e. The molecule has 2 aromatic rings. The number of amides is 1. The minimum atomic E-state index is -1.01. The number of benzene rings is 2. The zero-order valence-electron chi connectivity index (χ0n) is 14.8. The molecule has 2 unspecified atom stereocenters. The molecule has 0 fully saturated rings. The van der Waals surface area contributed by atoms with Gasteiger partial charge < -0.3 is 14.7 Å². The molecule has 0 spiro atoms. The molecule has 1 aliphatic heterocycles. The molecule has 1 heterocycles. The van der Waals surface area contributed by atoms with Crippen molar-refractivity contribution in [3.63, 3.8) is 0 Å². The van der Waals surface area contributed by atoms with Crippen molar-refractivity contribution in [2.75, 3.05) is 6.61 Å². The Labute approximate surface area is 153 Å². The van der Waals surface area contributed by atoms with E-state index in [9.17, 15) is 14.7 Å². The van der Waals surface area contributed by atoms with Crippen LogP contribution in [0.5, 0.6) is 0 Å². The van der Waals surface area contributed by atoms with Crippen LogP contribution >= 0.6 is 0 Å². The summed E-state index contributed by atoms with van der Waals surface area (Å²) in [6.07, 6.45) is 0.647. The maximum atomic E-state index is 13.0. The lowest BCUT2D eigenvalue weighted by Gasteiger charge is -2.31. The van der Waals surface area contributed by atoms with Crippen molar-refractivity contribution < 1.29 is 19.4 Å². The Kier molecular flexibility index (Phi) is 5.68. The first kappa shape index (κ1) is 18.1. The molecule has 0 bridgehead atoms. The molecule has 1 amide bonds. The molecular formula is C21H23NO4. The van der Waals surface area contributed by atoms with Crippen molar-refractivity contribution in [1.29, 1.82) is 0 Å². The summed E-state index contributed by atoms with van der Waals surface area (Å²) < 4.78 is 5.82. The van der Waals surface area contributed by atoms with Gasteiger partial charge in [-0.25, -0.2) is 4.79 Å².